The van der Waals surface area contributed by atoms with Crippen LogP contribution >= 0.6 is 0 Å². The molecular weight excluding hydrogens is 372 g/mol. The SMILES string of the molecule is O=C(O)c1cc(-n2nnc3ccccc32)cc(S(=O)(=O)N2CCOCC2)c1. The molecule has 0 bridgehead atoms. The van der Waals surface area contributed by atoms with Crippen molar-refractivity contribution in [1.29, 1.82) is 0 Å². The number of aromatic nitrogens is 3. The van der Waals surface area contributed by atoms with Crippen molar-refractivity contribution in [3.05, 3.63) is 48.0 Å². The number of sulfonamides is 1. The van der Waals surface area contributed by atoms with Crippen LogP contribution in [-0.2, 0) is 14.8 Å². The van der Waals surface area contributed by atoms with Gasteiger partial charge < -0.3 is 9.84 Å². The highest BCUT2D eigenvalue weighted by Gasteiger charge is 2.28. The van der Waals surface area contributed by atoms with Gasteiger partial charge in [-0.3, -0.25) is 0 Å². The minimum Gasteiger partial charge on any atom is -0.478 e. The van der Waals surface area contributed by atoms with Gasteiger partial charge in [0, 0.05) is 13.1 Å². The number of benzene rings is 2. The Kier molecular flexibility index (Phi) is 4.38. The number of hydrogen-bond donors (Lipinski definition) is 1. The molecule has 0 atom stereocenters. The van der Waals surface area contributed by atoms with Crippen LogP contribution in [0, 0.1) is 0 Å². The lowest BCUT2D eigenvalue weighted by Crippen LogP contribution is -2.40. The highest BCUT2D eigenvalue weighted by Crippen LogP contribution is 2.24. The molecule has 0 unspecified atom stereocenters. The Labute approximate surface area is 154 Å². The van der Waals surface area contributed by atoms with E-state index in [1.807, 2.05) is 6.07 Å². The highest BCUT2D eigenvalue weighted by molar-refractivity contribution is 7.89. The fourth-order valence-corrected chi connectivity index (χ4v) is 4.45. The number of carboxylic acid groups (broad SMARTS) is 1. The Hall–Kier alpha value is -2.82. The van der Waals surface area contributed by atoms with Crippen LogP contribution < -0.4 is 0 Å². The Balaban J connectivity index is 1.87. The van der Waals surface area contributed by atoms with Gasteiger partial charge in [0.2, 0.25) is 10.0 Å². The van der Waals surface area contributed by atoms with E-state index in [0.29, 0.717) is 29.9 Å². The Morgan fingerprint density at radius 3 is 2.59 bits per heavy atom. The predicted octanol–water partition coefficient (Wildman–Crippen LogP) is 1.14. The molecule has 27 heavy (non-hydrogen) atoms. The summed E-state index contributed by atoms with van der Waals surface area (Å²) in [6, 6.07) is 11.1. The van der Waals surface area contributed by atoms with Crippen LogP contribution in [0.3, 0.4) is 0 Å². The molecule has 3 aromatic rings. The van der Waals surface area contributed by atoms with Crippen LogP contribution in [0.5, 0.6) is 0 Å². The van der Waals surface area contributed by atoms with Crippen LogP contribution in [0.15, 0.2) is 47.4 Å². The van der Waals surface area contributed by atoms with E-state index in [9.17, 15) is 18.3 Å². The summed E-state index contributed by atoms with van der Waals surface area (Å²) in [6.07, 6.45) is 0. The molecule has 1 saturated heterocycles. The van der Waals surface area contributed by atoms with Gasteiger partial charge in [0.1, 0.15) is 5.52 Å². The highest BCUT2D eigenvalue weighted by atomic mass is 32.2. The van der Waals surface area contributed by atoms with Gasteiger partial charge in [0.15, 0.2) is 0 Å². The predicted molar refractivity (Wildman–Crippen MR) is 95.4 cm³/mol. The molecule has 0 aliphatic carbocycles. The van der Waals surface area contributed by atoms with Crippen molar-refractivity contribution in [3.8, 4) is 5.69 Å². The molecule has 1 aromatic heterocycles. The standard InChI is InChI=1S/C17H16N4O5S/c22-17(23)12-9-13(21-16-4-2-1-3-15(16)18-19-21)11-14(10-12)27(24,25)20-5-7-26-8-6-20/h1-4,9-11H,5-8H2,(H,22,23). The molecule has 140 valence electrons. The third-order valence-electron chi connectivity index (χ3n) is 4.34. The van der Waals surface area contributed by atoms with Crippen molar-refractivity contribution in [1.82, 2.24) is 19.3 Å². The summed E-state index contributed by atoms with van der Waals surface area (Å²) in [5, 5.41) is 17.5. The second-order valence-corrected chi connectivity index (χ2v) is 7.97. The number of nitrogens with zero attached hydrogens (tertiary/aromatic N) is 4. The van der Waals surface area contributed by atoms with Crippen molar-refractivity contribution in [2.24, 2.45) is 0 Å². The smallest absolute Gasteiger partial charge is 0.335 e. The first-order valence-corrected chi connectivity index (χ1v) is 9.68. The van der Waals surface area contributed by atoms with Gasteiger partial charge in [-0.15, -0.1) is 5.10 Å². The van der Waals surface area contributed by atoms with E-state index < -0.39 is 16.0 Å². The molecule has 0 spiro atoms. The van der Waals surface area contributed by atoms with Crippen molar-refractivity contribution < 1.29 is 23.1 Å². The first-order valence-electron chi connectivity index (χ1n) is 8.24. The maximum absolute atomic E-state index is 13.0. The van der Waals surface area contributed by atoms with E-state index in [1.54, 1.807) is 18.2 Å². The van der Waals surface area contributed by atoms with Gasteiger partial charge in [-0.05, 0) is 30.3 Å². The first-order chi connectivity index (χ1) is 13.0. The second kappa shape index (κ2) is 6.72. The Bertz CT molecular complexity index is 1120. The molecule has 0 saturated carbocycles. The number of ether oxygens (including phenoxy) is 1. The molecule has 1 aliphatic rings. The zero-order valence-electron chi connectivity index (χ0n) is 14.1. The van der Waals surface area contributed by atoms with Crippen LogP contribution in [0.2, 0.25) is 0 Å². The summed E-state index contributed by atoms with van der Waals surface area (Å²) in [4.78, 5) is 11.5. The quantitative estimate of drug-likeness (QED) is 0.713. The van der Waals surface area contributed by atoms with Crippen LogP contribution in [0.1, 0.15) is 10.4 Å². The maximum Gasteiger partial charge on any atom is 0.335 e. The zero-order valence-corrected chi connectivity index (χ0v) is 15.0. The average Bonchev–Trinajstić information content (AvgIpc) is 3.12. The van der Waals surface area contributed by atoms with Crippen molar-refractivity contribution in [2.45, 2.75) is 4.90 Å². The van der Waals surface area contributed by atoms with Gasteiger partial charge in [0.05, 0.1) is 34.9 Å². The van der Waals surface area contributed by atoms with Gasteiger partial charge in [0.25, 0.3) is 0 Å². The average molecular weight is 388 g/mol. The molecule has 1 N–H and O–H groups in total. The topological polar surface area (TPSA) is 115 Å². The van der Waals surface area contributed by atoms with E-state index >= 15 is 0 Å². The molecule has 2 aromatic carbocycles. The zero-order chi connectivity index (χ0) is 19.0. The molecule has 9 nitrogen and oxygen atoms in total. The van der Waals surface area contributed by atoms with Crippen LogP contribution in [0.25, 0.3) is 16.7 Å². The molecule has 0 amide bonds. The molecule has 0 radical (unpaired) electrons. The lowest BCUT2D eigenvalue weighted by molar-refractivity contribution is 0.0696. The number of carbonyl (C=O) groups is 1. The molecule has 10 heteroatoms. The number of aromatic carboxylic acids is 1. The minimum atomic E-state index is -3.86. The summed E-state index contributed by atoms with van der Waals surface area (Å²) < 4.78 is 33.9. The number of morpholine rings is 1. The maximum atomic E-state index is 13.0. The molecule has 1 aliphatic heterocycles. The summed E-state index contributed by atoms with van der Waals surface area (Å²) in [5.41, 5.74) is 1.44. The van der Waals surface area contributed by atoms with Crippen LogP contribution in [-0.4, -0.2) is 65.1 Å². The monoisotopic (exact) mass is 388 g/mol. The Morgan fingerprint density at radius 1 is 1.11 bits per heavy atom. The number of rotatable bonds is 4. The third-order valence-corrected chi connectivity index (χ3v) is 6.22. The lowest BCUT2D eigenvalue weighted by Gasteiger charge is -2.26. The summed E-state index contributed by atoms with van der Waals surface area (Å²) in [5.74, 6) is -1.22. The van der Waals surface area contributed by atoms with Crippen molar-refractivity contribution in [2.75, 3.05) is 26.3 Å². The van der Waals surface area contributed by atoms with E-state index in [-0.39, 0.29) is 23.5 Å². The summed E-state index contributed by atoms with van der Waals surface area (Å²) >= 11 is 0. The molecule has 1 fully saturated rings. The number of hydrogen-bond acceptors (Lipinski definition) is 6. The van der Waals surface area contributed by atoms with E-state index in [4.69, 9.17) is 4.74 Å². The largest absolute Gasteiger partial charge is 0.478 e. The first kappa shape index (κ1) is 17.6. The van der Waals surface area contributed by atoms with E-state index in [1.165, 1.54) is 21.1 Å². The van der Waals surface area contributed by atoms with Gasteiger partial charge in [-0.1, -0.05) is 17.3 Å². The van der Waals surface area contributed by atoms with Gasteiger partial charge >= 0.3 is 5.97 Å². The van der Waals surface area contributed by atoms with Gasteiger partial charge in [-0.2, -0.15) is 4.31 Å². The molecule has 4 rings (SSSR count). The fourth-order valence-electron chi connectivity index (χ4n) is 2.97. The lowest BCUT2D eigenvalue weighted by atomic mass is 10.2. The molecular formula is C17H16N4O5S. The number of para-hydroxylation sites is 1. The van der Waals surface area contributed by atoms with Crippen LogP contribution in [0.4, 0.5) is 0 Å². The van der Waals surface area contributed by atoms with Gasteiger partial charge in [-0.25, -0.2) is 17.9 Å². The van der Waals surface area contributed by atoms with E-state index in [2.05, 4.69) is 10.3 Å². The number of fused-ring (bicyclic) bond motifs is 1. The molecule has 2 heterocycles. The van der Waals surface area contributed by atoms with Crippen molar-refractivity contribution in [3.63, 3.8) is 0 Å². The van der Waals surface area contributed by atoms with E-state index in [0.717, 1.165) is 6.07 Å². The normalized spacial score (nSPS) is 15.9. The second-order valence-electron chi connectivity index (χ2n) is 6.03. The minimum absolute atomic E-state index is 0.0983. The Morgan fingerprint density at radius 2 is 1.85 bits per heavy atom. The number of carboxylic acids is 1. The van der Waals surface area contributed by atoms with Crippen molar-refractivity contribution >= 4 is 27.0 Å². The third kappa shape index (κ3) is 3.18. The fraction of sp³-hybridized carbons (Fsp3) is 0.235. The summed E-state index contributed by atoms with van der Waals surface area (Å²) in [6.45, 7) is 1.05. The summed E-state index contributed by atoms with van der Waals surface area (Å²) in [7, 11) is -3.86.